The lowest BCUT2D eigenvalue weighted by Gasteiger charge is -2.10. The largest absolute Gasteiger partial charge is 0.380 e. The Morgan fingerprint density at radius 3 is 2.50 bits per heavy atom. The molecule has 0 saturated carbocycles. The quantitative estimate of drug-likeness (QED) is 0.548. The molecule has 6 heteroatoms. The predicted molar refractivity (Wildman–Crippen MR) is 56.8 cm³/mol. The Morgan fingerprint density at radius 1 is 1.36 bits per heavy atom. The molecule has 2 N–H and O–H groups in total. The van der Waals surface area contributed by atoms with Gasteiger partial charge < -0.3 is 10.1 Å². The van der Waals surface area contributed by atoms with Crippen LogP contribution >= 0.6 is 0 Å². The van der Waals surface area contributed by atoms with Gasteiger partial charge >= 0.3 is 0 Å². The van der Waals surface area contributed by atoms with Gasteiger partial charge in [-0.15, -0.1) is 0 Å². The van der Waals surface area contributed by atoms with Crippen LogP contribution in [0.5, 0.6) is 0 Å². The molecule has 0 aromatic heterocycles. The van der Waals surface area contributed by atoms with E-state index in [0.29, 0.717) is 6.54 Å². The fraction of sp³-hybridized carbons (Fsp3) is 1.00. The van der Waals surface area contributed by atoms with E-state index in [1.807, 2.05) is 6.92 Å². The number of hydrogen-bond donors (Lipinski definition) is 2. The van der Waals surface area contributed by atoms with E-state index in [-0.39, 0.29) is 6.10 Å². The van der Waals surface area contributed by atoms with E-state index in [1.54, 1.807) is 7.11 Å². The van der Waals surface area contributed by atoms with E-state index in [4.69, 9.17) is 4.74 Å². The average Bonchev–Trinajstić information content (AvgIpc) is 2.08. The predicted octanol–water partition coefficient (Wildman–Crippen LogP) is -0.450. The topological polar surface area (TPSA) is 67.4 Å². The van der Waals surface area contributed by atoms with Crippen LogP contribution in [-0.2, 0) is 14.8 Å². The maximum atomic E-state index is 10.7. The summed E-state index contributed by atoms with van der Waals surface area (Å²) < 4.78 is 28.8. The monoisotopic (exact) mass is 224 g/mol. The maximum absolute atomic E-state index is 10.7. The highest BCUT2D eigenvalue weighted by atomic mass is 32.2. The van der Waals surface area contributed by atoms with Crippen LogP contribution in [0.1, 0.15) is 13.3 Å². The van der Waals surface area contributed by atoms with E-state index in [1.165, 1.54) is 0 Å². The van der Waals surface area contributed by atoms with Crippen LogP contribution in [0.25, 0.3) is 0 Å². The van der Waals surface area contributed by atoms with Crippen LogP contribution in [0.2, 0.25) is 0 Å². The van der Waals surface area contributed by atoms with Crippen molar-refractivity contribution in [2.24, 2.45) is 0 Å². The molecule has 14 heavy (non-hydrogen) atoms. The summed E-state index contributed by atoms with van der Waals surface area (Å²) in [7, 11) is -1.37. The number of sulfonamides is 1. The third kappa shape index (κ3) is 9.91. The van der Waals surface area contributed by atoms with Crippen molar-refractivity contribution in [3.05, 3.63) is 0 Å². The van der Waals surface area contributed by atoms with Gasteiger partial charge in [0.25, 0.3) is 0 Å². The summed E-state index contributed by atoms with van der Waals surface area (Å²) >= 11 is 0. The van der Waals surface area contributed by atoms with Gasteiger partial charge in [0.1, 0.15) is 0 Å². The molecular formula is C8H20N2O3S. The van der Waals surface area contributed by atoms with Crippen molar-refractivity contribution in [3.8, 4) is 0 Å². The Bertz CT molecular complexity index is 229. The number of rotatable bonds is 8. The van der Waals surface area contributed by atoms with Crippen molar-refractivity contribution in [2.75, 3.05) is 33.0 Å². The second-order valence-corrected chi connectivity index (χ2v) is 5.10. The molecule has 0 spiro atoms. The summed E-state index contributed by atoms with van der Waals surface area (Å²) in [6, 6.07) is 0. The molecule has 5 nitrogen and oxygen atoms in total. The van der Waals surface area contributed by atoms with Crippen LogP contribution in [0.4, 0.5) is 0 Å². The van der Waals surface area contributed by atoms with Crippen molar-refractivity contribution >= 4 is 10.0 Å². The molecule has 86 valence electrons. The zero-order valence-corrected chi connectivity index (χ0v) is 9.86. The van der Waals surface area contributed by atoms with E-state index in [2.05, 4.69) is 10.0 Å². The first-order valence-electron chi connectivity index (χ1n) is 4.64. The average molecular weight is 224 g/mol. The Labute approximate surface area is 86.3 Å². The summed E-state index contributed by atoms with van der Waals surface area (Å²) in [5.74, 6) is 0. The second kappa shape index (κ2) is 7.17. The number of nitrogens with one attached hydrogen (secondary N) is 2. The lowest BCUT2D eigenvalue weighted by molar-refractivity contribution is 0.117. The van der Waals surface area contributed by atoms with Crippen molar-refractivity contribution < 1.29 is 13.2 Å². The molecule has 1 unspecified atom stereocenters. The Hall–Kier alpha value is -0.170. The molecule has 0 bridgehead atoms. The van der Waals surface area contributed by atoms with Crippen LogP contribution in [-0.4, -0.2) is 47.5 Å². The molecule has 0 aliphatic rings. The number of ether oxygens (including phenoxy) is 1. The molecule has 0 heterocycles. The summed E-state index contributed by atoms with van der Waals surface area (Å²) in [6.07, 6.45) is 2.13. The lowest BCUT2D eigenvalue weighted by atomic mass is 10.3. The van der Waals surface area contributed by atoms with Gasteiger partial charge in [0.2, 0.25) is 10.0 Å². The normalized spacial score (nSPS) is 14.2. The molecule has 0 radical (unpaired) electrons. The number of methoxy groups -OCH3 is 1. The zero-order valence-electron chi connectivity index (χ0n) is 9.04. The Kier molecular flexibility index (Phi) is 7.08. The highest BCUT2D eigenvalue weighted by Gasteiger charge is 1.99. The van der Waals surface area contributed by atoms with Gasteiger partial charge in [-0.1, -0.05) is 0 Å². The van der Waals surface area contributed by atoms with Crippen molar-refractivity contribution in [3.63, 3.8) is 0 Å². The summed E-state index contributed by atoms with van der Waals surface area (Å²) in [5, 5.41) is 3.16. The first kappa shape index (κ1) is 13.8. The maximum Gasteiger partial charge on any atom is 0.208 e. The van der Waals surface area contributed by atoms with E-state index in [0.717, 1.165) is 25.8 Å². The minimum absolute atomic E-state index is 0.192. The van der Waals surface area contributed by atoms with Crippen LogP contribution < -0.4 is 10.0 Å². The summed E-state index contributed by atoms with van der Waals surface area (Å²) in [4.78, 5) is 0. The minimum atomic E-state index is -3.03. The van der Waals surface area contributed by atoms with Gasteiger partial charge in [-0.25, -0.2) is 13.1 Å². The van der Waals surface area contributed by atoms with Crippen LogP contribution in [0.3, 0.4) is 0 Å². The highest BCUT2D eigenvalue weighted by Crippen LogP contribution is 1.84. The zero-order chi connectivity index (χ0) is 11.0. The fourth-order valence-electron chi connectivity index (χ4n) is 0.860. The second-order valence-electron chi connectivity index (χ2n) is 3.27. The molecule has 0 aliphatic heterocycles. The standard InChI is InChI=1S/C8H20N2O3S/c1-8(13-2)7-9-5-4-6-10-14(3,11)12/h8-10H,4-7H2,1-3H3. The molecule has 0 amide bonds. The summed E-state index contributed by atoms with van der Waals surface area (Å²) in [6.45, 7) is 4.03. The van der Waals surface area contributed by atoms with Gasteiger partial charge in [-0.05, 0) is 19.9 Å². The SMILES string of the molecule is COC(C)CNCCCNS(C)(=O)=O. The first-order chi connectivity index (χ1) is 6.45. The molecule has 0 saturated heterocycles. The molecule has 0 rings (SSSR count). The van der Waals surface area contributed by atoms with Gasteiger partial charge in [0.15, 0.2) is 0 Å². The molecule has 0 aromatic carbocycles. The molecule has 0 aliphatic carbocycles. The molecule has 0 fully saturated rings. The van der Waals surface area contributed by atoms with Crippen LogP contribution in [0.15, 0.2) is 0 Å². The minimum Gasteiger partial charge on any atom is -0.380 e. The lowest BCUT2D eigenvalue weighted by Crippen LogP contribution is -2.30. The Morgan fingerprint density at radius 2 is 2.00 bits per heavy atom. The summed E-state index contributed by atoms with van der Waals surface area (Å²) in [5.41, 5.74) is 0. The van der Waals surface area contributed by atoms with E-state index in [9.17, 15) is 8.42 Å². The van der Waals surface area contributed by atoms with Gasteiger partial charge in [0.05, 0.1) is 12.4 Å². The third-order valence-corrected chi connectivity index (χ3v) is 2.46. The van der Waals surface area contributed by atoms with Crippen molar-refractivity contribution in [1.82, 2.24) is 10.0 Å². The van der Waals surface area contributed by atoms with Gasteiger partial charge in [0, 0.05) is 20.2 Å². The van der Waals surface area contributed by atoms with Crippen LogP contribution in [0, 0.1) is 0 Å². The molecular weight excluding hydrogens is 204 g/mol. The Balaban J connectivity index is 3.23. The first-order valence-corrected chi connectivity index (χ1v) is 6.53. The highest BCUT2D eigenvalue weighted by molar-refractivity contribution is 7.88. The van der Waals surface area contributed by atoms with Crippen molar-refractivity contribution in [1.29, 1.82) is 0 Å². The smallest absolute Gasteiger partial charge is 0.208 e. The van der Waals surface area contributed by atoms with Crippen molar-refractivity contribution in [2.45, 2.75) is 19.4 Å². The van der Waals surface area contributed by atoms with E-state index < -0.39 is 10.0 Å². The third-order valence-electron chi connectivity index (χ3n) is 1.73. The van der Waals surface area contributed by atoms with Gasteiger partial charge in [-0.3, -0.25) is 0 Å². The molecule has 1 atom stereocenters. The van der Waals surface area contributed by atoms with E-state index >= 15 is 0 Å². The fourth-order valence-corrected chi connectivity index (χ4v) is 1.37. The molecule has 0 aromatic rings. The number of hydrogen-bond acceptors (Lipinski definition) is 4. The van der Waals surface area contributed by atoms with Gasteiger partial charge in [-0.2, -0.15) is 0 Å².